The molecule has 0 aromatic heterocycles. The van der Waals surface area contributed by atoms with Crippen molar-refractivity contribution < 1.29 is 14.7 Å². The topological polar surface area (TPSA) is 72.9 Å². The molecule has 19 heavy (non-hydrogen) atoms. The Kier molecular flexibility index (Phi) is 4.63. The minimum Gasteiger partial charge on any atom is -0.481 e. The maximum absolute atomic E-state index is 12.4. The van der Waals surface area contributed by atoms with Gasteiger partial charge in [0.1, 0.15) is 0 Å². The van der Waals surface area contributed by atoms with Crippen molar-refractivity contribution in [3.05, 3.63) is 0 Å². The SMILES string of the molecule is CCN(C(=O)N1CC(CC(=O)O)C1)C1CCNCC1. The number of aliphatic carboxylic acids is 1. The third-order valence-electron chi connectivity index (χ3n) is 4.03. The van der Waals surface area contributed by atoms with Gasteiger partial charge in [-0.15, -0.1) is 0 Å². The van der Waals surface area contributed by atoms with Crippen LogP contribution in [0, 0.1) is 5.92 Å². The molecule has 6 nitrogen and oxygen atoms in total. The summed E-state index contributed by atoms with van der Waals surface area (Å²) in [7, 11) is 0. The minimum atomic E-state index is -0.775. The first-order chi connectivity index (χ1) is 9.11. The number of nitrogens with zero attached hydrogens (tertiary/aromatic N) is 2. The fourth-order valence-corrected chi connectivity index (χ4v) is 2.95. The number of likely N-dealkylation sites (tertiary alicyclic amines) is 1. The number of carbonyl (C=O) groups excluding carboxylic acids is 1. The summed E-state index contributed by atoms with van der Waals surface area (Å²) in [6.07, 6.45) is 2.18. The van der Waals surface area contributed by atoms with E-state index in [-0.39, 0.29) is 18.4 Å². The van der Waals surface area contributed by atoms with Gasteiger partial charge in [0, 0.05) is 31.6 Å². The molecule has 0 aliphatic carbocycles. The zero-order valence-electron chi connectivity index (χ0n) is 11.5. The molecule has 2 aliphatic rings. The summed E-state index contributed by atoms with van der Waals surface area (Å²) in [5, 5.41) is 12.0. The van der Waals surface area contributed by atoms with E-state index in [4.69, 9.17) is 5.11 Å². The Morgan fingerprint density at radius 1 is 1.32 bits per heavy atom. The maximum Gasteiger partial charge on any atom is 0.320 e. The van der Waals surface area contributed by atoms with Crippen LogP contribution in [0.4, 0.5) is 4.79 Å². The van der Waals surface area contributed by atoms with Gasteiger partial charge in [-0.3, -0.25) is 4.79 Å². The predicted molar refractivity (Wildman–Crippen MR) is 71.0 cm³/mol. The summed E-state index contributed by atoms with van der Waals surface area (Å²) in [5.74, 6) is -0.643. The number of carbonyl (C=O) groups is 2. The van der Waals surface area contributed by atoms with E-state index in [1.807, 2.05) is 11.8 Å². The highest BCUT2D eigenvalue weighted by atomic mass is 16.4. The van der Waals surface area contributed by atoms with Gasteiger partial charge in [0.2, 0.25) is 0 Å². The Balaban J connectivity index is 1.83. The number of carboxylic acid groups (broad SMARTS) is 1. The number of nitrogens with one attached hydrogen (secondary N) is 1. The molecule has 0 atom stereocenters. The lowest BCUT2D eigenvalue weighted by molar-refractivity contribution is -0.139. The summed E-state index contributed by atoms with van der Waals surface area (Å²) < 4.78 is 0. The normalized spacial score (nSPS) is 21.0. The monoisotopic (exact) mass is 269 g/mol. The molecule has 2 fully saturated rings. The van der Waals surface area contributed by atoms with Crippen molar-refractivity contribution in [2.75, 3.05) is 32.7 Å². The van der Waals surface area contributed by atoms with Crippen LogP contribution < -0.4 is 5.32 Å². The third-order valence-corrected chi connectivity index (χ3v) is 4.03. The van der Waals surface area contributed by atoms with Gasteiger partial charge in [0.05, 0.1) is 6.42 Å². The summed E-state index contributed by atoms with van der Waals surface area (Å²) in [6, 6.07) is 0.410. The minimum absolute atomic E-state index is 0.0797. The molecule has 0 aromatic carbocycles. The highest BCUT2D eigenvalue weighted by Crippen LogP contribution is 2.23. The first-order valence-electron chi connectivity index (χ1n) is 7.09. The van der Waals surface area contributed by atoms with Crippen LogP contribution in [0.3, 0.4) is 0 Å². The summed E-state index contributed by atoms with van der Waals surface area (Å²) in [5.41, 5.74) is 0. The van der Waals surface area contributed by atoms with Gasteiger partial charge >= 0.3 is 12.0 Å². The zero-order chi connectivity index (χ0) is 13.8. The molecular weight excluding hydrogens is 246 g/mol. The molecule has 0 spiro atoms. The molecule has 2 N–H and O–H groups in total. The average molecular weight is 269 g/mol. The van der Waals surface area contributed by atoms with Crippen LogP contribution in [-0.2, 0) is 4.79 Å². The van der Waals surface area contributed by atoms with E-state index < -0.39 is 5.97 Å². The number of hydrogen-bond donors (Lipinski definition) is 2. The van der Waals surface area contributed by atoms with Crippen LogP contribution in [0.5, 0.6) is 0 Å². The highest BCUT2D eigenvalue weighted by molar-refractivity contribution is 5.76. The van der Waals surface area contributed by atoms with Crippen LogP contribution in [0.25, 0.3) is 0 Å². The Morgan fingerprint density at radius 3 is 2.47 bits per heavy atom. The Bertz CT molecular complexity index is 336. The number of piperidine rings is 1. The van der Waals surface area contributed by atoms with E-state index >= 15 is 0 Å². The van der Waals surface area contributed by atoms with Gasteiger partial charge in [-0.25, -0.2) is 4.79 Å². The summed E-state index contributed by atoms with van der Waals surface area (Å²) in [6.45, 7) is 5.85. The molecule has 0 unspecified atom stereocenters. The predicted octanol–water partition coefficient (Wildman–Crippen LogP) is 0.587. The van der Waals surface area contributed by atoms with Crippen LogP contribution >= 0.6 is 0 Å². The van der Waals surface area contributed by atoms with E-state index in [1.54, 1.807) is 4.90 Å². The molecule has 2 amide bonds. The van der Waals surface area contributed by atoms with E-state index in [0.29, 0.717) is 19.1 Å². The lowest BCUT2D eigenvalue weighted by Crippen LogP contribution is -2.58. The van der Waals surface area contributed by atoms with Crippen molar-refractivity contribution in [3.63, 3.8) is 0 Å². The number of amides is 2. The molecule has 0 saturated carbocycles. The number of urea groups is 1. The average Bonchev–Trinajstić information content (AvgIpc) is 2.35. The van der Waals surface area contributed by atoms with E-state index in [9.17, 15) is 9.59 Å². The zero-order valence-corrected chi connectivity index (χ0v) is 11.5. The van der Waals surface area contributed by atoms with Gasteiger partial charge < -0.3 is 20.2 Å². The molecular formula is C13H23N3O3. The molecule has 2 saturated heterocycles. The lowest BCUT2D eigenvalue weighted by atomic mass is 9.96. The van der Waals surface area contributed by atoms with Crippen molar-refractivity contribution >= 4 is 12.0 Å². The Hall–Kier alpha value is -1.30. The molecule has 6 heteroatoms. The summed E-state index contributed by atoms with van der Waals surface area (Å²) in [4.78, 5) is 26.7. The molecule has 2 heterocycles. The number of carboxylic acids is 1. The lowest BCUT2D eigenvalue weighted by Gasteiger charge is -2.44. The van der Waals surface area contributed by atoms with E-state index in [0.717, 1.165) is 32.5 Å². The van der Waals surface area contributed by atoms with Gasteiger partial charge in [-0.2, -0.15) is 0 Å². The van der Waals surface area contributed by atoms with E-state index in [2.05, 4.69) is 5.32 Å². The van der Waals surface area contributed by atoms with Crippen LogP contribution in [0.1, 0.15) is 26.2 Å². The second-order valence-electron chi connectivity index (χ2n) is 5.42. The number of hydrogen-bond acceptors (Lipinski definition) is 3. The fraction of sp³-hybridized carbons (Fsp3) is 0.846. The first-order valence-corrected chi connectivity index (χ1v) is 7.09. The molecule has 0 aromatic rings. The van der Waals surface area contributed by atoms with Crippen molar-refractivity contribution in [3.8, 4) is 0 Å². The van der Waals surface area contributed by atoms with E-state index in [1.165, 1.54) is 0 Å². The van der Waals surface area contributed by atoms with Crippen LogP contribution in [-0.4, -0.2) is 65.7 Å². The van der Waals surface area contributed by atoms with Crippen molar-refractivity contribution in [2.24, 2.45) is 5.92 Å². The van der Waals surface area contributed by atoms with Crippen molar-refractivity contribution in [1.82, 2.24) is 15.1 Å². The summed E-state index contributed by atoms with van der Waals surface area (Å²) >= 11 is 0. The molecule has 2 rings (SSSR count). The first kappa shape index (κ1) is 14.1. The van der Waals surface area contributed by atoms with Crippen molar-refractivity contribution in [2.45, 2.75) is 32.2 Å². The second kappa shape index (κ2) is 6.23. The van der Waals surface area contributed by atoms with Gasteiger partial charge in [-0.1, -0.05) is 0 Å². The third kappa shape index (κ3) is 3.37. The van der Waals surface area contributed by atoms with Gasteiger partial charge in [0.25, 0.3) is 0 Å². The largest absolute Gasteiger partial charge is 0.481 e. The smallest absolute Gasteiger partial charge is 0.320 e. The highest BCUT2D eigenvalue weighted by Gasteiger charge is 2.36. The van der Waals surface area contributed by atoms with Crippen molar-refractivity contribution in [1.29, 1.82) is 0 Å². The molecule has 2 aliphatic heterocycles. The standard InChI is InChI=1S/C13H23N3O3/c1-2-16(11-3-5-14-6-4-11)13(19)15-8-10(9-15)7-12(17)18/h10-11,14H,2-9H2,1H3,(H,17,18). The quantitative estimate of drug-likeness (QED) is 0.783. The Morgan fingerprint density at radius 2 is 1.95 bits per heavy atom. The molecule has 0 bridgehead atoms. The maximum atomic E-state index is 12.4. The van der Waals surface area contributed by atoms with Gasteiger partial charge in [-0.05, 0) is 32.9 Å². The fourth-order valence-electron chi connectivity index (χ4n) is 2.95. The Labute approximate surface area is 113 Å². The molecule has 0 radical (unpaired) electrons. The second-order valence-corrected chi connectivity index (χ2v) is 5.42. The number of rotatable bonds is 4. The molecule has 108 valence electrons. The van der Waals surface area contributed by atoms with Crippen LogP contribution in [0.2, 0.25) is 0 Å². The van der Waals surface area contributed by atoms with Crippen LogP contribution in [0.15, 0.2) is 0 Å². The van der Waals surface area contributed by atoms with Gasteiger partial charge in [0.15, 0.2) is 0 Å².